The predicted molar refractivity (Wildman–Crippen MR) is 76.6 cm³/mol. The number of halogens is 1. The average Bonchev–Trinajstić information content (AvgIpc) is 2.39. The third-order valence-corrected chi connectivity index (χ3v) is 3.38. The van der Waals surface area contributed by atoms with E-state index >= 15 is 0 Å². The molecule has 3 heteroatoms. The van der Waals surface area contributed by atoms with Crippen molar-refractivity contribution in [3.05, 3.63) is 35.4 Å². The Morgan fingerprint density at radius 2 is 1.83 bits per heavy atom. The van der Waals surface area contributed by atoms with Gasteiger partial charge in [0.2, 0.25) is 0 Å². The molecule has 18 heavy (non-hydrogen) atoms. The number of ether oxygens (including phenoxy) is 2. The maximum atomic E-state index is 6.04. The van der Waals surface area contributed by atoms with Crippen LogP contribution in [0.1, 0.15) is 29.9 Å². The van der Waals surface area contributed by atoms with Gasteiger partial charge in [0, 0.05) is 19.6 Å². The van der Waals surface area contributed by atoms with Crippen LogP contribution in [0.4, 0.5) is 0 Å². The van der Waals surface area contributed by atoms with Crippen LogP contribution in [0.25, 0.3) is 0 Å². The molecule has 0 saturated heterocycles. The van der Waals surface area contributed by atoms with E-state index in [-0.39, 0.29) is 0 Å². The van der Waals surface area contributed by atoms with Crippen molar-refractivity contribution in [3.63, 3.8) is 0 Å². The lowest BCUT2D eigenvalue weighted by atomic mass is 9.95. The first-order valence-corrected chi connectivity index (χ1v) is 7.00. The SMILES string of the molecule is COCCOCCCC(CCl)c1ccc(C)cc1. The Bertz CT molecular complexity index is 311. The highest BCUT2D eigenvalue weighted by atomic mass is 35.5. The summed E-state index contributed by atoms with van der Waals surface area (Å²) >= 11 is 6.04. The molecule has 0 amide bonds. The Balaban J connectivity index is 2.27. The standard InChI is InChI=1S/C15H23ClO2/c1-13-5-7-14(8-6-13)15(12-16)4-3-9-18-11-10-17-2/h5-8,15H,3-4,9-12H2,1-2H3. The van der Waals surface area contributed by atoms with Crippen LogP contribution in [0.3, 0.4) is 0 Å². The minimum atomic E-state index is 0.429. The van der Waals surface area contributed by atoms with Gasteiger partial charge in [-0.3, -0.25) is 0 Å². The van der Waals surface area contributed by atoms with Crippen LogP contribution in [0.15, 0.2) is 24.3 Å². The molecule has 0 radical (unpaired) electrons. The van der Waals surface area contributed by atoms with Crippen LogP contribution >= 0.6 is 11.6 Å². The van der Waals surface area contributed by atoms with Gasteiger partial charge < -0.3 is 9.47 Å². The fourth-order valence-electron chi connectivity index (χ4n) is 1.85. The molecule has 0 saturated carbocycles. The fourth-order valence-corrected chi connectivity index (χ4v) is 2.18. The smallest absolute Gasteiger partial charge is 0.0700 e. The molecule has 0 aliphatic carbocycles. The second-order valence-corrected chi connectivity index (χ2v) is 4.82. The van der Waals surface area contributed by atoms with Crippen molar-refractivity contribution < 1.29 is 9.47 Å². The Morgan fingerprint density at radius 1 is 1.11 bits per heavy atom. The summed E-state index contributed by atoms with van der Waals surface area (Å²) in [5.74, 6) is 1.10. The largest absolute Gasteiger partial charge is 0.382 e. The average molecular weight is 271 g/mol. The number of alkyl halides is 1. The third kappa shape index (κ3) is 5.85. The molecule has 0 N–H and O–H groups in total. The summed E-state index contributed by atoms with van der Waals surface area (Å²) in [4.78, 5) is 0. The van der Waals surface area contributed by atoms with Gasteiger partial charge in [-0.1, -0.05) is 29.8 Å². The highest BCUT2D eigenvalue weighted by Gasteiger charge is 2.09. The fraction of sp³-hybridized carbons (Fsp3) is 0.600. The van der Waals surface area contributed by atoms with Gasteiger partial charge in [-0.2, -0.15) is 0 Å². The van der Waals surface area contributed by atoms with Crippen molar-refractivity contribution in [2.45, 2.75) is 25.7 Å². The van der Waals surface area contributed by atoms with Gasteiger partial charge in [0.1, 0.15) is 0 Å². The molecule has 0 aromatic heterocycles. The maximum absolute atomic E-state index is 6.04. The first kappa shape index (κ1) is 15.5. The van der Waals surface area contributed by atoms with Gasteiger partial charge in [0.25, 0.3) is 0 Å². The third-order valence-electron chi connectivity index (χ3n) is 3.01. The number of methoxy groups -OCH3 is 1. The molecule has 1 unspecified atom stereocenters. The summed E-state index contributed by atoms with van der Waals surface area (Å²) in [6, 6.07) is 8.64. The lowest BCUT2D eigenvalue weighted by Crippen LogP contribution is -2.06. The van der Waals surface area contributed by atoms with Crippen molar-refractivity contribution in [1.82, 2.24) is 0 Å². The van der Waals surface area contributed by atoms with E-state index in [0.29, 0.717) is 25.0 Å². The van der Waals surface area contributed by atoms with E-state index in [1.807, 2.05) is 0 Å². The highest BCUT2D eigenvalue weighted by Crippen LogP contribution is 2.23. The highest BCUT2D eigenvalue weighted by molar-refractivity contribution is 6.18. The van der Waals surface area contributed by atoms with Crippen LogP contribution in [-0.4, -0.2) is 32.8 Å². The topological polar surface area (TPSA) is 18.5 Å². The molecule has 102 valence electrons. The molecular formula is C15H23ClO2. The maximum Gasteiger partial charge on any atom is 0.0700 e. The zero-order valence-corrected chi connectivity index (χ0v) is 12.1. The first-order chi connectivity index (χ1) is 8.77. The summed E-state index contributed by atoms with van der Waals surface area (Å²) in [6.07, 6.45) is 2.11. The predicted octanol–water partition coefficient (Wildman–Crippen LogP) is 3.76. The van der Waals surface area contributed by atoms with Crippen LogP contribution < -0.4 is 0 Å². The van der Waals surface area contributed by atoms with Gasteiger partial charge in [0.05, 0.1) is 13.2 Å². The number of hydrogen-bond acceptors (Lipinski definition) is 2. The summed E-state index contributed by atoms with van der Waals surface area (Å²) in [6.45, 7) is 4.22. The Hall–Kier alpha value is -0.570. The quantitative estimate of drug-likeness (QED) is 0.502. The lowest BCUT2D eigenvalue weighted by molar-refractivity contribution is 0.0683. The minimum absolute atomic E-state index is 0.429. The summed E-state index contributed by atoms with van der Waals surface area (Å²) in [7, 11) is 1.68. The second kappa shape index (κ2) is 9.37. The van der Waals surface area contributed by atoms with E-state index in [2.05, 4.69) is 31.2 Å². The van der Waals surface area contributed by atoms with Crippen molar-refractivity contribution in [2.24, 2.45) is 0 Å². The van der Waals surface area contributed by atoms with Crippen LogP contribution in [0.2, 0.25) is 0 Å². The molecule has 0 aliphatic heterocycles. The Morgan fingerprint density at radius 3 is 2.44 bits per heavy atom. The first-order valence-electron chi connectivity index (χ1n) is 6.47. The molecule has 1 atom stereocenters. The Labute approximate surface area is 115 Å². The minimum Gasteiger partial charge on any atom is -0.382 e. The second-order valence-electron chi connectivity index (χ2n) is 4.51. The summed E-state index contributed by atoms with van der Waals surface area (Å²) < 4.78 is 10.4. The van der Waals surface area contributed by atoms with E-state index in [1.54, 1.807) is 7.11 Å². The lowest BCUT2D eigenvalue weighted by Gasteiger charge is -2.14. The normalized spacial score (nSPS) is 12.6. The molecule has 1 rings (SSSR count). The molecule has 0 fully saturated rings. The Kier molecular flexibility index (Phi) is 8.06. The van der Waals surface area contributed by atoms with Crippen LogP contribution in [0.5, 0.6) is 0 Å². The van der Waals surface area contributed by atoms with E-state index < -0.39 is 0 Å². The molecular weight excluding hydrogens is 248 g/mol. The van der Waals surface area contributed by atoms with Crippen LogP contribution in [-0.2, 0) is 9.47 Å². The molecule has 1 aromatic carbocycles. The van der Waals surface area contributed by atoms with Crippen molar-refractivity contribution in [1.29, 1.82) is 0 Å². The zero-order valence-electron chi connectivity index (χ0n) is 11.3. The van der Waals surface area contributed by atoms with E-state index in [9.17, 15) is 0 Å². The van der Waals surface area contributed by atoms with Crippen LogP contribution in [0, 0.1) is 6.92 Å². The van der Waals surface area contributed by atoms with Gasteiger partial charge in [-0.25, -0.2) is 0 Å². The number of hydrogen-bond donors (Lipinski definition) is 0. The number of rotatable bonds is 9. The summed E-state index contributed by atoms with van der Waals surface area (Å²) in [5.41, 5.74) is 2.61. The molecule has 2 nitrogen and oxygen atoms in total. The van der Waals surface area contributed by atoms with Gasteiger partial charge in [0.15, 0.2) is 0 Å². The molecule has 0 spiro atoms. The van der Waals surface area contributed by atoms with Gasteiger partial charge in [-0.05, 0) is 31.2 Å². The van der Waals surface area contributed by atoms with E-state index in [0.717, 1.165) is 19.4 Å². The van der Waals surface area contributed by atoms with Gasteiger partial charge in [-0.15, -0.1) is 11.6 Å². The van der Waals surface area contributed by atoms with Crippen molar-refractivity contribution in [2.75, 3.05) is 32.8 Å². The molecule has 1 aromatic rings. The van der Waals surface area contributed by atoms with Crippen molar-refractivity contribution >= 4 is 11.6 Å². The molecule has 0 bridgehead atoms. The summed E-state index contributed by atoms with van der Waals surface area (Å²) in [5, 5.41) is 0. The number of aryl methyl sites for hydroxylation is 1. The van der Waals surface area contributed by atoms with Gasteiger partial charge >= 0.3 is 0 Å². The number of benzene rings is 1. The zero-order chi connectivity index (χ0) is 13.2. The molecule has 0 heterocycles. The molecule has 0 aliphatic rings. The monoisotopic (exact) mass is 270 g/mol. The van der Waals surface area contributed by atoms with E-state index in [4.69, 9.17) is 21.1 Å². The van der Waals surface area contributed by atoms with E-state index in [1.165, 1.54) is 11.1 Å². The van der Waals surface area contributed by atoms with Crippen molar-refractivity contribution in [3.8, 4) is 0 Å².